The van der Waals surface area contributed by atoms with Gasteiger partial charge in [0.05, 0.1) is 11.9 Å². The van der Waals surface area contributed by atoms with E-state index in [1.807, 2.05) is 12.1 Å². The minimum absolute atomic E-state index is 0. The van der Waals surface area contributed by atoms with Crippen molar-refractivity contribution in [1.29, 1.82) is 0 Å². The first kappa shape index (κ1) is 22.9. The fraction of sp³-hybridized carbons (Fsp3) is 0.588. The summed E-state index contributed by atoms with van der Waals surface area (Å²) >= 11 is 0. The Labute approximate surface area is 161 Å². The molecule has 1 heterocycles. The van der Waals surface area contributed by atoms with Crippen LogP contribution in [0.1, 0.15) is 37.8 Å². The molecule has 1 aliphatic rings. The average Bonchev–Trinajstić information content (AvgIpc) is 3.01. The van der Waals surface area contributed by atoms with E-state index in [0.717, 1.165) is 12.0 Å². The molecule has 0 bridgehead atoms. The van der Waals surface area contributed by atoms with E-state index < -0.39 is 16.1 Å². The SMILES string of the molecule is CC(C)NS(=O)(=O)Cc1ccccc1CNC(=O)[C@@H]1CC[C@H](CN)O1.Cl. The van der Waals surface area contributed by atoms with E-state index in [2.05, 4.69) is 10.0 Å². The van der Waals surface area contributed by atoms with E-state index in [1.165, 1.54) is 0 Å². The summed E-state index contributed by atoms with van der Waals surface area (Å²) in [5, 5.41) is 2.83. The molecule has 1 aromatic rings. The van der Waals surface area contributed by atoms with Crippen molar-refractivity contribution in [2.45, 2.75) is 57.2 Å². The molecule has 1 aliphatic heterocycles. The van der Waals surface area contributed by atoms with Crippen LogP contribution in [0.4, 0.5) is 0 Å². The van der Waals surface area contributed by atoms with E-state index in [1.54, 1.807) is 26.0 Å². The van der Waals surface area contributed by atoms with Gasteiger partial charge in [-0.3, -0.25) is 4.79 Å². The van der Waals surface area contributed by atoms with E-state index >= 15 is 0 Å². The van der Waals surface area contributed by atoms with Gasteiger partial charge < -0.3 is 15.8 Å². The largest absolute Gasteiger partial charge is 0.364 e. The molecular formula is C17H28ClN3O4S. The predicted molar refractivity (Wildman–Crippen MR) is 103 cm³/mol. The monoisotopic (exact) mass is 405 g/mol. The highest BCUT2D eigenvalue weighted by atomic mass is 35.5. The Morgan fingerprint density at radius 3 is 2.50 bits per heavy atom. The van der Waals surface area contributed by atoms with Crippen LogP contribution < -0.4 is 15.8 Å². The molecule has 0 saturated carbocycles. The fourth-order valence-corrected chi connectivity index (χ4v) is 4.34. The maximum atomic E-state index is 12.2. The highest BCUT2D eigenvalue weighted by Gasteiger charge is 2.29. The number of amides is 1. The summed E-state index contributed by atoms with van der Waals surface area (Å²) in [5.41, 5.74) is 7.00. The van der Waals surface area contributed by atoms with Crippen LogP contribution in [0.2, 0.25) is 0 Å². The van der Waals surface area contributed by atoms with Crippen LogP contribution in [0.15, 0.2) is 24.3 Å². The predicted octanol–water partition coefficient (Wildman–Crippen LogP) is 1.06. The summed E-state index contributed by atoms with van der Waals surface area (Å²) in [7, 11) is -3.42. The molecule has 26 heavy (non-hydrogen) atoms. The van der Waals surface area contributed by atoms with Crippen molar-refractivity contribution in [2.75, 3.05) is 6.54 Å². The molecule has 7 nitrogen and oxygen atoms in total. The van der Waals surface area contributed by atoms with Crippen LogP contribution in [0.25, 0.3) is 0 Å². The normalized spacial score (nSPS) is 20.0. The summed E-state index contributed by atoms with van der Waals surface area (Å²) in [6.45, 7) is 4.23. The molecule has 148 valence electrons. The summed E-state index contributed by atoms with van der Waals surface area (Å²) < 4.78 is 32.4. The first-order valence-electron chi connectivity index (χ1n) is 8.50. The zero-order valence-corrected chi connectivity index (χ0v) is 16.7. The van der Waals surface area contributed by atoms with Crippen LogP contribution in [-0.4, -0.2) is 39.1 Å². The van der Waals surface area contributed by atoms with Gasteiger partial charge in [-0.05, 0) is 37.8 Å². The summed E-state index contributed by atoms with van der Waals surface area (Å²) in [6, 6.07) is 7.03. The molecular weight excluding hydrogens is 378 g/mol. The number of ether oxygens (including phenoxy) is 1. The molecule has 0 aliphatic carbocycles. The number of carbonyl (C=O) groups excluding carboxylic acids is 1. The number of hydrogen-bond donors (Lipinski definition) is 3. The van der Waals surface area contributed by atoms with Crippen LogP contribution >= 0.6 is 12.4 Å². The number of halogens is 1. The third-order valence-corrected chi connectivity index (χ3v) is 5.52. The second kappa shape index (κ2) is 10.2. The number of nitrogens with one attached hydrogen (secondary N) is 2. The molecule has 1 fully saturated rings. The van der Waals surface area contributed by atoms with Gasteiger partial charge >= 0.3 is 0 Å². The quantitative estimate of drug-likeness (QED) is 0.598. The zero-order chi connectivity index (χ0) is 18.4. The van der Waals surface area contributed by atoms with Gasteiger partial charge in [0.1, 0.15) is 6.10 Å². The molecule has 2 atom stereocenters. The molecule has 4 N–H and O–H groups in total. The van der Waals surface area contributed by atoms with E-state index in [4.69, 9.17) is 10.5 Å². The molecule has 0 radical (unpaired) electrons. The number of benzene rings is 1. The molecule has 0 unspecified atom stereocenters. The number of sulfonamides is 1. The van der Waals surface area contributed by atoms with Gasteiger partial charge in [-0.2, -0.15) is 0 Å². The lowest BCUT2D eigenvalue weighted by Crippen LogP contribution is -2.35. The van der Waals surface area contributed by atoms with Crippen molar-refractivity contribution < 1.29 is 17.9 Å². The third kappa shape index (κ3) is 6.85. The van der Waals surface area contributed by atoms with Crippen molar-refractivity contribution in [3.05, 3.63) is 35.4 Å². The molecule has 0 spiro atoms. The molecule has 1 amide bonds. The highest BCUT2D eigenvalue weighted by Crippen LogP contribution is 2.19. The van der Waals surface area contributed by atoms with Gasteiger partial charge in [-0.1, -0.05) is 24.3 Å². The van der Waals surface area contributed by atoms with Crippen molar-refractivity contribution >= 4 is 28.3 Å². The van der Waals surface area contributed by atoms with Gasteiger partial charge in [0.2, 0.25) is 15.9 Å². The van der Waals surface area contributed by atoms with Gasteiger partial charge in [-0.15, -0.1) is 12.4 Å². The van der Waals surface area contributed by atoms with E-state index in [9.17, 15) is 13.2 Å². The smallest absolute Gasteiger partial charge is 0.249 e. The maximum absolute atomic E-state index is 12.2. The first-order chi connectivity index (χ1) is 11.8. The Bertz CT molecular complexity index is 697. The van der Waals surface area contributed by atoms with Crippen LogP contribution in [-0.2, 0) is 31.9 Å². The Hall–Kier alpha value is -1.19. The number of hydrogen-bond acceptors (Lipinski definition) is 5. The Kier molecular flexibility index (Phi) is 8.99. The van der Waals surface area contributed by atoms with Crippen molar-refractivity contribution in [3.8, 4) is 0 Å². The summed E-state index contributed by atoms with van der Waals surface area (Å²) in [5.74, 6) is -0.305. The topological polar surface area (TPSA) is 111 Å². The molecule has 2 rings (SSSR count). The number of nitrogens with two attached hydrogens (primary N) is 1. The molecule has 0 aromatic heterocycles. The summed E-state index contributed by atoms with van der Waals surface area (Å²) in [6.07, 6.45) is 0.897. The van der Waals surface area contributed by atoms with Crippen molar-refractivity contribution in [1.82, 2.24) is 10.0 Å². The van der Waals surface area contributed by atoms with Crippen LogP contribution in [0.5, 0.6) is 0 Å². The lowest BCUT2D eigenvalue weighted by molar-refractivity contribution is -0.132. The number of rotatable bonds is 8. The Balaban J connectivity index is 0.00000338. The molecule has 1 aromatic carbocycles. The Morgan fingerprint density at radius 2 is 1.92 bits per heavy atom. The molecule has 1 saturated heterocycles. The Morgan fingerprint density at radius 1 is 1.27 bits per heavy atom. The molecule has 9 heteroatoms. The number of carbonyl (C=O) groups is 1. The van der Waals surface area contributed by atoms with Gasteiger partial charge in [0.25, 0.3) is 0 Å². The van der Waals surface area contributed by atoms with Crippen LogP contribution in [0, 0.1) is 0 Å². The van der Waals surface area contributed by atoms with Gasteiger partial charge in [-0.25, -0.2) is 13.1 Å². The first-order valence-corrected chi connectivity index (χ1v) is 10.2. The minimum atomic E-state index is -3.42. The van der Waals surface area contributed by atoms with Gasteiger partial charge in [0, 0.05) is 19.1 Å². The second-order valence-electron chi connectivity index (χ2n) is 6.58. The van der Waals surface area contributed by atoms with Crippen molar-refractivity contribution in [3.63, 3.8) is 0 Å². The van der Waals surface area contributed by atoms with E-state index in [-0.39, 0.29) is 42.8 Å². The standard InChI is InChI=1S/C17H27N3O4S.ClH/c1-12(2)20-25(22,23)11-14-6-4-3-5-13(14)10-19-17(21)16-8-7-15(9-18)24-16;/h3-6,12,15-16,20H,7-11,18H2,1-2H3,(H,19,21);1H/t15-,16+;/m1./s1. The summed E-state index contributed by atoms with van der Waals surface area (Å²) in [4.78, 5) is 12.2. The maximum Gasteiger partial charge on any atom is 0.249 e. The van der Waals surface area contributed by atoms with Gasteiger partial charge in [0.15, 0.2) is 0 Å². The van der Waals surface area contributed by atoms with Crippen molar-refractivity contribution in [2.24, 2.45) is 5.73 Å². The highest BCUT2D eigenvalue weighted by molar-refractivity contribution is 7.88. The lowest BCUT2D eigenvalue weighted by Gasteiger charge is -2.15. The average molecular weight is 406 g/mol. The third-order valence-electron chi connectivity index (χ3n) is 4.00. The van der Waals surface area contributed by atoms with Crippen LogP contribution in [0.3, 0.4) is 0 Å². The second-order valence-corrected chi connectivity index (χ2v) is 8.33. The lowest BCUT2D eigenvalue weighted by atomic mass is 10.1. The minimum Gasteiger partial charge on any atom is -0.364 e. The van der Waals surface area contributed by atoms with E-state index in [0.29, 0.717) is 18.5 Å². The zero-order valence-electron chi connectivity index (χ0n) is 15.1. The fourth-order valence-electron chi connectivity index (χ4n) is 2.84.